The van der Waals surface area contributed by atoms with Crippen LogP contribution in [0.25, 0.3) is 0 Å². The third-order valence-electron chi connectivity index (χ3n) is 3.91. The van der Waals surface area contributed by atoms with Crippen LogP contribution in [0.15, 0.2) is 23.3 Å². The molecule has 26 heavy (non-hydrogen) atoms. The van der Waals surface area contributed by atoms with Crippen molar-refractivity contribution in [2.24, 2.45) is 4.99 Å². The van der Waals surface area contributed by atoms with Crippen molar-refractivity contribution >= 4 is 47.6 Å². The van der Waals surface area contributed by atoms with E-state index >= 15 is 0 Å². The molecule has 0 atom stereocenters. The number of aliphatic imine (C=N–C) groups is 1. The number of halogens is 2. The zero-order chi connectivity index (χ0) is 18.1. The van der Waals surface area contributed by atoms with Crippen LogP contribution in [0.1, 0.15) is 32.3 Å². The summed E-state index contributed by atoms with van der Waals surface area (Å²) in [6, 6.07) is 3.96. The highest BCUT2D eigenvalue weighted by Crippen LogP contribution is 2.12. The summed E-state index contributed by atoms with van der Waals surface area (Å²) < 4.78 is 5.05. The van der Waals surface area contributed by atoms with E-state index in [1.807, 2.05) is 19.9 Å². The van der Waals surface area contributed by atoms with Crippen LogP contribution in [0, 0.1) is 0 Å². The molecule has 0 saturated carbocycles. The molecule has 9 heteroatoms. The number of amides is 1. The zero-order valence-electron chi connectivity index (χ0n) is 15.2. The Kier molecular flexibility index (Phi) is 10.6. The third kappa shape index (κ3) is 7.53. The van der Waals surface area contributed by atoms with E-state index in [0.29, 0.717) is 31.4 Å². The van der Waals surface area contributed by atoms with Crippen LogP contribution in [-0.2, 0) is 11.3 Å². The van der Waals surface area contributed by atoms with Gasteiger partial charge in [-0.2, -0.15) is 0 Å². The summed E-state index contributed by atoms with van der Waals surface area (Å²) in [6.45, 7) is 6.96. The molecule has 7 nitrogen and oxygen atoms in total. The minimum Gasteiger partial charge on any atom is -0.450 e. The second-order valence-corrected chi connectivity index (χ2v) is 6.18. The number of carbonyl (C=O) groups is 1. The molecule has 2 heterocycles. The van der Waals surface area contributed by atoms with E-state index in [1.54, 1.807) is 17.2 Å². The van der Waals surface area contributed by atoms with Crippen molar-refractivity contribution in [1.29, 1.82) is 0 Å². The quantitative estimate of drug-likeness (QED) is 0.284. The van der Waals surface area contributed by atoms with Crippen LogP contribution >= 0.6 is 35.6 Å². The largest absolute Gasteiger partial charge is 0.450 e. The van der Waals surface area contributed by atoms with Gasteiger partial charge in [0.1, 0.15) is 5.15 Å². The van der Waals surface area contributed by atoms with E-state index < -0.39 is 0 Å². The van der Waals surface area contributed by atoms with Crippen molar-refractivity contribution in [1.82, 2.24) is 20.5 Å². The van der Waals surface area contributed by atoms with Crippen LogP contribution in [0.5, 0.6) is 0 Å². The monoisotopic (exact) mass is 495 g/mol. The Labute approximate surface area is 177 Å². The number of carbonyl (C=O) groups excluding carboxylic acids is 1. The maximum absolute atomic E-state index is 11.7. The molecule has 2 N–H and O–H groups in total. The first-order chi connectivity index (χ1) is 12.1. The van der Waals surface area contributed by atoms with Gasteiger partial charge in [-0.25, -0.2) is 14.8 Å². The van der Waals surface area contributed by atoms with Crippen molar-refractivity contribution in [3.8, 4) is 0 Å². The van der Waals surface area contributed by atoms with Gasteiger partial charge in [-0.1, -0.05) is 17.7 Å². The number of piperidine rings is 1. The zero-order valence-corrected chi connectivity index (χ0v) is 18.3. The molecular formula is C17H27ClIN5O2. The Morgan fingerprint density at radius 3 is 2.69 bits per heavy atom. The summed E-state index contributed by atoms with van der Waals surface area (Å²) in [5.41, 5.74) is 0.999. The average Bonchev–Trinajstić information content (AvgIpc) is 2.62. The van der Waals surface area contributed by atoms with Crippen LogP contribution in [0.3, 0.4) is 0 Å². The van der Waals surface area contributed by atoms with Gasteiger partial charge in [0, 0.05) is 31.9 Å². The summed E-state index contributed by atoms with van der Waals surface area (Å²) in [5, 5.41) is 7.17. The third-order valence-corrected chi connectivity index (χ3v) is 4.14. The van der Waals surface area contributed by atoms with Gasteiger partial charge in [-0.15, -0.1) is 24.0 Å². The Hall–Kier alpha value is -1.29. The van der Waals surface area contributed by atoms with Gasteiger partial charge in [0.05, 0.1) is 13.2 Å². The normalized spacial score (nSPS) is 15.2. The molecule has 0 bridgehead atoms. The van der Waals surface area contributed by atoms with Gasteiger partial charge < -0.3 is 20.3 Å². The second-order valence-electron chi connectivity index (χ2n) is 5.79. The van der Waals surface area contributed by atoms with E-state index in [9.17, 15) is 4.79 Å². The number of hydrogen-bond donors (Lipinski definition) is 2. The van der Waals surface area contributed by atoms with Crippen molar-refractivity contribution in [2.75, 3.05) is 26.2 Å². The Bertz CT molecular complexity index is 577. The van der Waals surface area contributed by atoms with E-state index in [0.717, 1.165) is 30.9 Å². The van der Waals surface area contributed by atoms with Crippen molar-refractivity contribution < 1.29 is 9.53 Å². The SMILES string of the molecule is CCNC(=NCc1ccc(Cl)nc1)NC1CCN(C(=O)OCC)CC1.I. The lowest BCUT2D eigenvalue weighted by Gasteiger charge is -2.32. The van der Waals surface area contributed by atoms with Gasteiger partial charge >= 0.3 is 6.09 Å². The number of nitrogens with zero attached hydrogens (tertiary/aromatic N) is 3. The number of likely N-dealkylation sites (tertiary alicyclic amines) is 1. The van der Waals surface area contributed by atoms with E-state index in [1.165, 1.54) is 0 Å². The standard InChI is InChI=1S/C17H26ClN5O2.HI/c1-3-19-16(21-12-13-5-6-15(18)20-11-13)22-14-7-9-23(10-8-14)17(24)25-4-2;/h5-6,11,14H,3-4,7-10,12H2,1-2H3,(H2,19,21,22);1H. The predicted octanol–water partition coefficient (Wildman–Crippen LogP) is 3.03. The molecule has 1 aliphatic rings. The fraction of sp³-hybridized carbons (Fsp3) is 0.588. The number of ether oxygens (including phenoxy) is 1. The van der Waals surface area contributed by atoms with E-state index in [4.69, 9.17) is 16.3 Å². The molecule has 1 fully saturated rings. The number of nitrogens with one attached hydrogen (secondary N) is 2. The first kappa shape index (κ1) is 22.8. The molecule has 0 aromatic carbocycles. The van der Waals surface area contributed by atoms with Gasteiger partial charge in [-0.3, -0.25) is 0 Å². The molecule has 1 aromatic heterocycles. The number of hydrogen-bond acceptors (Lipinski definition) is 4. The molecule has 0 unspecified atom stereocenters. The highest BCUT2D eigenvalue weighted by molar-refractivity contribution is 14.0. The smallest absolute Gasteiger partial charge is 0.409 e. The number of aromatic nitrogens is 1. The molecule has 0 aliphatic carbocycles. The summed E-state index contributed by atoms with van der Waals surface area (Å²) in [4.78, 5) is 22.2. The maximum Gasteiger partial charge on any atom is 0.409 e. The number of rotatable bonds is 5. The Balaban J connectivity index is 0.00000338. The number of pyridine rings is 1. The lowest BCUT2D eigenvalue weighted by Crippen LogP contribution is -2.49. The highest BCUT2D eigenvalue weighted by atomic mass is 127. The maximum atomic E-state index is 11.7. The minimum atomic E-state index is -0.225. The summed E-state index contributed by atoms with van der Waals surface area (Å²) >= 11 is 5.80. The van der Waals surface area contributed by atoms with Crippen LogP contribution < -0.4 is 10.6 Å². The molecule has 0 radical (unpaired) electrons. The van der Waals surface area contributed by atoms with Gasteiger partial charge in [0.25, 0.3) is 0 Å². The first-order valence-electron chi connectivity index (χ1n) is 8.69. The molecule has 146 valence electrons. The first-order valence-corrected chi connectivity index (χ1v) is 9.07. The minimum absolute atomic E-state index is 0. The second kappa shape index (κ2) is 12.2. The molecule has 0 spiro atoms. The topological polar surface area (TPSA) is 78.9 Å². The summed E-state index contributed by atoms with van der Waals surface area (Å²) in [7, 11) is 0. The summed E-state index contributed by atoms with van der Waals surface area (Å²) in [5.74, 6) is 0.770. The van der Waals surface area contributed by atoms with Crippen LogP contribution in [0.2, 0.25) is 5.15 Å². The van der Waals surface area contributed by atoms with Gasteiger partial charge in [0.2, 0.25) is 0 Å². The lowest BCUT2D eigenvalue weighted by atomic mass is 10.1. The van der Waals surface area contributed by atoms with Crippen LogP contribution in [-0.4, -0.2) is 54.2 Å². The molecule has 1 aromatic rings. The van der Waals surface area contributed by atoms with E-state index in [-0.39, 0.29) is 36.1 Å². The molecule has 2 rings (SSSR count). The average molecular weight is 496 g/mol. The molecular weight excluding hydrogens is 469 g/mol. The molecule has 1 aliphatic heterocycles. The van der Waals surface area contributed by atoms with E-state index in [2.05, 4.69) is 20.6 Å². The lowest BCUT2D eigenvalue weighted by molar-refractivity contribution is 0.0963. The Morgan fingerprint density at radius 2 is 2.12 bits per heavy atom. The Morgan fingerprint density at radius 1 is 1.38 bits per heavy atom. The number of guanidine groups is 1. The fourth-order valence-corrected chi connectivity index (χ4v) is 2.72. The molecule has 1 saturated heterocycles. The highest BCUT2D eigenvalue weighted by Gasteiger charge is 2.23. The van der Waals surface area contributed by atoms with Crippen molar-refractivity contribution in [3.05, 3.63) is 29.0 Å². The van der Waals surface area contributed by atoms with Gasteiger partial charge in [-0.05, 0) is 38.3 Å². The predicted molar refractivity (Wildman–Crippen MR) is 114 cm³/mol. The van der Waals surface area contributed by atoms with Gasteiger partial charge in [0.15, 0.2) is 5.96 Å². The van der Waals surface area contributed by atoms with Crippen molar-refractivity contribution in [3.63, 3.8) is 0 Å². The van der Waals surface area contributed by atoms with Crippen LogP contribution in [0.4, 0.5) is 4.79 Å². The van der Waals surface area contributed by atoms with Crippen molar-refractivity contribution in [2.45, 2.75) is 39.3 Å². The summed E-state index contributed by atoms with van der Waals surface area (Å²) in [6.07, 6.45) is 3.24. The molecule has 1 amide bonds. The fourth-order valence-electron chi connectivity index (χ4n) is 2.60.